The molecule has 0 aliphatic rings. The van der Waals surface area contributed by atoms with E-state index in [0.29, 0.717) is 17.1 Å². The first-order valence-electron chi connectivity index (χ1n) is 9.09. The van der Waals surface area contributed by atoms with Crippen molar-refractivity contribution in [3.8, 4) is 11.4 Å². The highest BCUT2D eigenvalue weighted by Crippen LogP contribution is 2.25. The average Bonchev–Trinajstić information content (AvgIpc) is 3.13. The molecule has 1 N–H and O–H groups in total. The highest BCUT2D eigenvalue weighted by molar-refractivity contribution is 6.01. The Balaban J connectivity index is 1.89. The molecular weight excluding hydrogens is 375 g/mol. The highest BCUT2D eigenvalue weighted by atomic mass is 19.1. The molecule has 1 heterocycles. The number of halogens is 1. The molecule has 0 spiro atoms. The van der Waals surface area contributed by atoms with Crippen molar-refractivity contribution in [2.45, 2.75) is 13.3 Å². The molecule has 0 saturated heterocycles. The largest absolute Gasteiger partial charge is 0.497 e. The maximum atomic E-state index is 13.8. The number of carbonyl (C=O) groups is 2. The topological polar surface area (TPSA) is 69.6 Å². The monoisotopic (exact) mass is 396 g/mol. The highest BCUT2D eigenvalue weighted by Gasteiger charge is 2.21. The van der Waals surface area contributed by atoms with Crippen LogP contribution in [0.2, 0.25) is 0 Å². The van der Waals surface area contributed by atoms with Gasteiger partial charge in [0.1, 0.15) is 11.6 Å². The van der Waals surface area contributed by atoms with Crippen LogP contribution in [0.25, 0.3) is 5.69 Å². The van der Waals surface area contributed by atoms with Crippen molar-refractivity contribution < 1.29 is 23.5 Å². The Morgan fingerprint density at radius 2 is 1.79 bits per heavy atom. The Labute approximate surface area is 167 Å². The molecule has 0 aliphatic carbocycles. The van der Waals surface area contributed by atoms with E-state index in [1.54, 1.807) is 73.3 Å². The van der Waals surface area contributed by atoms with Crippen molar-refractivity contribution in [1.82, 2.24) is 4.57 Å². The number of hydrogen-bond donors (Lipinski definition) is 1. The maximum absolute atomic E-state index is 13.8. The van der Waals surface area contributed by atoms with Crippen LogP contribution in [-0.4, -0.2) is 30.2 Å². The van der Waals surface area contributed by atoms with E-state index >= 15 is 0 Å². The average molecular weight is 396 g/mol. The van der Waals surface area contributed by atoms with Crippen LogP contribution in [-0.2, 0) is 16.0 Å². The van der Waals surface area contributed by atoms with Gasteiger partial charge in [-0.15, -0.1) is 0 Å². The van der Waals surface area contributed by atoms with E-state index in [4.69, 9.17) is 9.47 Å². The standard InChI is InChI=1S/C22H21FN2O4/c1-3-29-22(27)21-19(24-20(26)14-15-6-4-5-7-18(15)23)12-13-25(21)16-8-10-17(28-2)11-9-16/h4-13H,3,14H2,1-2H3,(H,24,26). The molecule has 1 amide bonds. The van der Waals surface area contributed by atoms with Crippen molar-refractivity contribution in [1.29, 1.82) is 0 Å². The van der Waals surface area contributed by atoms with Gasteiger partial charge in [0.05, 0.1) is 25.8 Å². The summed E-state index contributed by atoms with van der Waals surface area (Å²) in [6.45, 7) is 1.89. The third-order valence-corrected chi connectivity index (χ3v) is 4.29. The first-order valence-corrected chi connectivity index (χ1v) is 9.09. The van der Waals surface area contributed by atoms with Crippen LogP contribution in [0, 0.1) is 5.82 Å². The molecule has 0 aliphatic heterocycles. The van der Waals surface area contributed by atoms with Gasteiger partial charge < -0.3 is 19.4 Å². The van der Waals surface area contributed by atoms with E-state index in [0.717, 1.165) is 0 Å². The van der Waals surface area contributed by atoms with E-state index in [9.17, 15) is 14.0 Å². The molecule has 0 fully saturated rings. The summed E-state index contributed by atoms with van der Waals surface area (Å²) < 4.78 is 25.8. The number of aromatic nitrogens is 1. The Hall–Kier alpha value is -3.61. The van der Waals surface area contributed by atoms with Crippen molar-refractivity contribution in [3.63, 3.8) is 0 Å². The number of amides is 1. The number of carbonyl (C=O) groups excluding carboxylic acids is 2. The van der Waals surface area contributed by atoms with Gasteiger partial charge in [-0.2, -0.15) is 0 Å². The number of nitrogens with zero attached hydrogens (tertiary/aromatic N) is 1. The van der Waals surface area contributed by atoms with E-state index < -0.39 is 17.7 Å². The van der Waals surface area contributed by atoms with E-state index in [1.807, 2.05) is 0 Å². The fraction of sp³-hybridized carbons (Fsp3) is 0.182. The normalized spacial score (nSPS) is 10.4. The SMILES string of the molecule is CCOC(=O)c1c(NC(=O)Cc2ccccc2F)ccn1-c1ccc(OC)cc1. The minimum atomic E-state index is -0.575. The number of rotatable bonds is 7. The van der Waals surface area contributed by atoms with Gasteiger partial charge in [0, 0.05) is 11.9 Å². The third-order valence-electron chi connectivity index (χ3n) is 4.29. The molecule has 3 aromatic rings. The number of hydrogen-bond acceptors (Lipinski definition) is 4. The predicted octanol–water partition coefficient (Wildman–Crippen LogP) is 3.98. The van der Waals surface area contributed by atoms with Gasteiger partial charge in [-0.25, -0.2) is 9.18 Å². The quantitative estimate of drug-likeness (QED) is 0.614. The van der Waals surface area contributed by atoms with Crippen LogP contribution in [0.1, 0.15) is 23.0 Å². The van der Waals surface area contributed by atoms with Crippen LogP contribution >= 0.6 is 0 Å². The molecule has 0 radical (unpaired) electrons. The summed E-state index contributed by atoms with van der Waals surface area (Å²) in [5, 5.41) is 2.69. The second-order valence-electron chi connectivity index (χ2n) is 6.18. The van der Waals surface area contributed by atoms with Gasteiger partial charge >= 0.3 is 5.97 Å². The molecule has 150 valence electrons. The molecule has 7 heteroatoms. The molecule has 0 atom stereocenters. The maximum Gasteiger partial charge on any atom is 0.357 e. The Bertz CT molecular complexity index is 1010. The zero-order valence-electron chi connectivity index (χ0n) is 16.1. The molecule has 0 bridgehead atoms. The van der Waals surface area contributed by atoms with Crippen LogP contribution in [0.3, 0.4) is 0 Å². The summed E-state index contributed by atoms with van der Waals surface area (Å²) in [4.78, 5) is 25.0. The Morgan fingerprint density at radius 1 is 1.07 bits per heavy atom. The van der Waals surface area contributed by atoms with Gasteiger partial charge in [-0.3, -0.25) is 4.79 Å². The van der Waals surface area contributed by atoms with Gasteiger partial charge in [0.15, 0.2) is 5.69 Å². The fourth-order valence-corrected chi connectivity index (χ4v) is 2.91. The summed E-state index contributed by atoms with van der Waals surface area (Å²) in [7, 11) is 1.57. The first kappa shape index (κ1) is 20.1. The Morgan fingerprint density at radius 3 is 2.45 bits per heavy atom. The van der Waals surface area contributed by atoms with Gasteiger partial charge in [0.25, 0.3) is 0 Å². The van der Waals surface area contributed by atoms with Crippen LogP contribution in [0.5, 0.6) is 5.75 Å². The number of esters is 1. The minimum absolute atomic E-state index is 0.150. The summed E-state index contributed by atoms with van der Waals surface area (Å²) in [5.41, 5.74) is 1.44. The number of anilines is 1. The summed E-state index contributed by atoms with van der Waals surface area (Å²) >= 11 is 0. The van der Waals surface area contributed by atoms with Crippen molar-refractivity contribution in [2.24, 2.45) is 0 Å². The zero-order valence-corrected chi connectivity index (χ0v) is 16.1. The number of ether oxygens (including phenoxy) is 2. The van der Waals surface area contributed by atoms with E-state index in [-0.39, 0.29) is 24.3 Å². The van der Waals surface area contributed by atoms with Gasteiger partial charge in [-0.1, -0.05) is 18.2 Å². The van der Waals surface area contributed by atoms with E-state index in [2.05, 4.69) is 5.32 Å². The van der Waals surface area contributed by atoms with Crippen LogP contribution in [0.15, 0.2) is 60.8 Å². The molecule has 1 aromatic heterocycles. The van der Waals surface area contributed by atoms with E-state index in [1.165, 1.54) is 6.07 Å². The smallest absolute Gasteiger partial charge is 0.357 e. The van der Waals surface area contributed by atoms with Crippen molar-refractivity contribution in [3.05, 3.63) is 77.9 Å². The zero-order chi connectivity index (χ0) is 20.8. The number of methoxy groups -OCH3 is 1. The first-order chi connectivity index (χ1) is 14.0. The van der Waals surface area contributed by atoms with Gasteiger partial charge in [0.2, 0.25) is 5.91 Å². The van der Waals surface area contributed by atoms with Crippen LogP contribution < -0.4 is 10.1 Å². The summed E-state index contributed by atoms with van der Waals surface area (Å²) in [5.74, 6) is -0.788. The lowest BCUT2D eigenvalue weighted by atomic mass is 10.1. The fourth-order valence-electron chi connectivity index (χ4n) is 2.91. The lowest BCUT2D eigenvalue weighted by molar-refractivity contribution is -0.115. The van der Waals surface area contributed by atoms with Gasteiger partial charge in [-0.05, 0) is 48.9 Å². The molecule has 6 nitrogen and oxygen atoms in total. The third kappa shape index (κ3) is 4.63. The lowest BCUT2D eigenvalue weighted by Gasteiger charge is -2.12. The Kier molecular flexibility index (Phi) is 6.29. The summed E-state index contributed by atoms with van der Waals surface area (Å²) in [6, 6.07) is 14.8. The molecule has 29 heavy (non-hydrogen) atoms. The number of nitrogens with one attached hydrogen (secondary N) is 1. The molecule has 2 aromatic carbocycles. The number of benzene rings is 2. The molecular formula is C22H21FN2O4. The molecule has 0 unspecified atom stereocenters. The second-order valence-corrected chi connectivity index (χ2v) is 6.18. The lowest BCUT2D eigenvalue weighted by Crippen LogP contribution is -2.19. The minimum Gasteiger partial charge on any atom is -0.497 e. The van der Waals surface area contributed by atoms with Crippen molar-refractivity contribution >= 4 is 17.6 Å². The summed E-state index contributed by atoms with van der Waals surface area (Å²) in [6.07, 6.45) is 1.51. The predicted molar refractivity (Wildman–Crippen MR) is 107 cm³/mol. The second kappa shape index (κ2) is 9.05. The molecule has 3 rings (SSSR count). The van der Waals surface area contributed by atoms with Crippen molar-refractivity contribution in [2.75, 3.05) is 19.0 Å². The molecule has 0 saturated carbocycles. The van der Waals surface area contributed by atoms with Crippen LogP contribution in [0.4, 0.5) is 10.1 Å².